The summed E-state index contributed by atoms with van der Waals surface area (Å²) >= 11 is 0. The molecule has 1 aliphatic rings. The highest BCUT2D eigenvalue weighted by molar-refractivity contribution is 7.90. The third-order valence-electron chi connectivity index (χ3n) is 5.96. The van der Waals surface area contributed by atoms with Gasteiger partial charge < -0.3 is 9.64 Å². The van der Waals surface area contributed by atoms with E-state index in [9.17, 15) is 13.2 Å². The maximum absolute atomic E-state index is 13.2. The van der Waals surface area contributed by atoms with Crippen molar-refractivity contribution in [3.8, 4) is 11.4 Å². The number of ether oxygens (including phenoxy) is 1. The third kappa shape index (κ3) is 4.95. The van der Waals surface area contributed by atoms with E-state index in [1.54, 1.807) is 30.1 Å². The van der Waals surface area contributed by atoms with Crippen LogP contribution in [0.5, 0.6) is 5.75 Å². The van der Waals surface area contributed by atoms with Crippen LogP contribution >= 0.6 is 0 Å². The molecule has 174 valence electrons. The van der Waals surface area contributed by atoms with Crippen molar-refractivity contribution >= 4 is 15.7 Å². The van der Waals surface area contributed by atoms with Gasteiger partial charge in [-0.15, -0.1) is 0 Å². The van der Waals surface area contributed by atoms with E-state index < -0.39 is 9.84 Å². The van der Waals surface area contributed by atoms with Gasteiger partial charge in [0.1, 0.15) is 5.75 Å². The molecule has 0 fully saturated rings. The summed E-state index contributed by atoms with van der Waals surface area (Å²) in [4.78, 5) is 15.1. The van der Waals surface area contributed by atoms with Gasteiger partial charge in [-0.25, -0.2) is 13.1 Å². The molecule has 1 aliphatic carbocycles. The molecular formula is C25H29N3O4S. The van der Waals surface area contributed by atoms with E-state index in [4.69, 9.17) is 9.84 Å². The van der Waals surface area contributed by atoms with Gasteiger partial charge >= 0.3 is 0 Å². The summed E-state index contributed by atoms with van der Waals surface area (Å²) in [5.41, 5.74) is 4.87. The highest BCUT2D eigenvalue weighted by Crippen LogP contribution is 2.29. The first kappa shape index (κ1) is 23.0. The second-order valence-electron chi connectivity index (χ2n) is 8.50. The van der Waals surface area contributed by atoms with Crippen LogP contribution in [0.1, 0.15) is 40.2 Å². The summed E-state index contributed by atoms with van der Waals surface area (Å²) in [6, 6.07) is 14.5. The summed E-state index contributed by atoms with van der Waals surface area (Å²) in [7, 11) is -1.50. The quantitative estimate of drug-likeness (QED) is 0.473. The zero-order valence-corrected chi connectivity index (χ0v) is 20.1. The lowest BCUT2D eigenvalue weighted by atomic mass is 10.1. The van der Waals surface area contributed by atoms with Gasteiger partial charge in [0.05, 0.1) is 17.2 Å². The smallest absolute Gasteiger partial charge is 0.274 e. The molecule has 33 heavy (non-hydrogen) atoms. The summed E-state index contributed by atoms with van der Waals surface area (Å²) in [6.45, 7) is 2.94. The maximum Gasteiger partial charge on any atom is 0.274 e. The topological polar surface area (TPSA) is 81.5 Å². The van der Waals surface area contributed by atoms with Gasteiger partial charge in [0.25, 0.3) is 5.91 Å². The van der Waals surface area contributed by atoms with E-state index in [1.165, 1.54) is 12.3 Å². The maximum atomic E-state index is 13.2. The minimum absolute atomic E-state index is 0.0837. The number of aromatic nitrogens is 2. The van der Waals surface area contributed by atoms with E-state index >= 15 is 0 Å². The van der Waals surface area contributed by atoms with Crippen molar-refractivity contribution in [1.82, 2.24) is 14.7 Å². The standard InChI is InChI=1S/C25H29N3O4S/c1-18-9-4-5-13-22(18)28-23-14-7-12-21(23)24(26-28)25(29)27(2)15-8-16-32-19-10-6-11-20(17-19)33(3,30)31/h4-6,9-11,13,17H,7-8,12,14-16H2,1-3H3. The van der Waals surface area contributed by atoms with E-state index in [0.717, 1.165) is 41.8 Å². The van der Waals surface area contributed by atoms with Crippen LogP contribution in [0.25, 0.3) is 5.69 Å². The Morgan fingerprint density at radius 1 is 1.15 bits per heavy atom. The molecule has 0 spiro atoms. The molecule has 2 aromatic carbocycles. The summed E-state index contributed by atoms with van der Waals surface area (Å²) in [6.07, 6.45) is 4.61. The second-order valence-corrected chi connectivity index (χ2v) is 10.5. The molecule has 1 aromatic heterocycles. The van der Waals surface area contributed by atoms with Crippen LogP contribution in [-0.4, -0.2) is 55.5 Å². The monoisotopic (exact) mass is 467 g/mol. The highest BCUT2D eigenvalue weighted by atomic mass is 32.2. The fourth-order valence-electron chi connectivity index (χ4n) is 4.18. The molecule has 1 heterocycles. The predicted molar refractivity (Wildman–Crippen MR) is 127 cm³/mol. The molecule has 0 N–H and O–H groups in total. The van der Waals surface area contributed by atoms with Crippen molar-refractivity contribution in [2.24, 2.45) is 0 Å². The third-order valence-corrected chi connectivity index (χ3v) is 7.07. The number of aryl methyl sites for hydroxylation is 1. The fraction of sp³-hybridized carbons (Fsp3) is 0.360. The summed E-state index contributed by atoms with van der Waals surface area (Å²) < 4.78 is 31.0. The van der Waals surface area contributed by atoms with Crippen molar-refractivity contribution in [2.45, 2.75) is 37.5 Å². The second kappa shape index (κ2) is 9.39. The number of sulfone groups is 1. The Hall–Kier alpha value is -3.13. The molecule has 0 radical (unpaired) electrons. The Balaban J connectivity index is 1.40. The normalized spacial score (nSPS) is 13.1. The molecule has 4 rings (SSSR count). The molecule has 8 heteroatoms. The van der Waals surface area contributed by atoms with Crippen LogP contribution in [0.4, 0.5) is 0 Å². The molecule has 0 aliphatic heterocycles. The number of amides is 1. The molecule has 7 nitrogen and oxygen atoms in total. The van der Waals surface area contributed by atoms with Crippen LogP contribution in [0.3, 0.4) is 0 Å². The van der Waals surface area contributed by atoms with Gasteiger partial charge in [-0.3, -0.25) is 4.79 Å². The first-order valence-electron chi connectivity index (χ1n) is 11.1. The number of para-hydroxylation sites is 1. The van der Waals surface area contributed by atoms with E-state index in [1.807, 2.05) is 22.9 Å². The van der Waals surface area contributed by atoms with Crippen LogP contribution in [0.2, 0.25) is 0 Å². The Morgan fingerprint density at radius 2 is 1.94 bits per heavy atom. The summed E-state index contributed by atoms with van der Waals surface area (Å²) in [5, 5.41) is 4.73. The Morgan fingerprint density at radius 3 is 2.70 bits per heavy atom. The molecule has 3 aromatic rings. The van der Waals surface area contributed by atoms with Crippen LogP contribution < -0.4 is 4.74 Å². The molecular weight excluding hydrogens is 438 g/mol. The number of carbonyl (C=O) groups is 1. The number of nitrogens with zero attached hydrogens (tertiary/aromatic N) is 3. The molecule has 0 unspecified atom stereocenters. The van der Waals surface area contributed by atoms with Crippen LogP contribution in [0.15, 0.2) is 53.4 Å². The zero-order chi connectivity index (χ0) is 23.6. The minimum Gasteiger partial charge on any atom is -0.493 e. The van der Waals surface area contributed by atoms with E-state index in [2.05, 4.69) is 13.0 Å². The predicted octanol–water partition coefficient (Wildman–Crippen LogP) is 3.61. The molecule has 0 saturated heterocycles. The Bertz CT molecular complexity index is 1280. The lowest BCUT2D eigenvalue weighted by molar-refractivity contribution is 0.0780. The average molecular weight is 468 g/mol. The molecule has 1 amide bonds. The van der Waals surface area contributed by atoms with Crippen LogP contribution in [0, 0.1) is 6.92 Å². The van der Waals surface area contributed by atoms with Gasteiger partial charge in [0, 0.05) is 31.1 Å². The first-order chi connectivity index (χ1) is 15.8. The number of carbonyl (C=O) groups excluding carboxylic acids is 1. The number of hydrogen-bond acceptors (Lipinski definition) is 5. The number of hydrogen-bond donors (Lipinski definition) is 0. The van der Waals surface area contributed by atoms with Gasteiger partial charge in [-0.1, -0.05) is 24.3 Å². The van der Waals surface area contributed by atoms with Crippen molar-refractivity contribution in [3.63, 3.8) is 0 Å². The largest absolute Gasteiger partial charge is 0.493 e. The van der Waals surface area contributed by atoms with Crippen molar-refractivity contribution < 1.29 is 17.9 Å². The van der Waals surface area contributed by atoms with Gasteiger partial charge in [-0.2, -0.15) is 5.10 Å². The Kier molecular flexibility index (Phi) is 6.56. The lowest BCUT2D eigenvalue weighted by Crippen LogP contribution is -2.29. The van der Waals surface area contributed by atoms with Crippen molar-refractivity contribution in [1.29, 1.82) is 0 Å². The van der Waals surface area contributed by atoms with Gasteiger partial charge in [0.15, 0.2) is 15.5 Å². The minimum atomic E-state index is -3.28. The lowest BCUT2D eigenvalue weighted by Gasteiger charge is -2.17. The molecule has 0 saturated carbocycles. The number of rotatable bonds is 8. The molecule has 0 bridgehead atoms. The van der Waals surface area contributed by atoms with Crippen molar-refractivity contribution in [3.05, 3.63) is 71.0 Å². The molecule has 0 atom stereocenters. The summed E-state index contributed by atoms with van der Waals surface area (Å²) in [5.74, 6) is 0.418. The van der Waals surface area contributed by atoms with E-state index in [-0.39, 0.29) is 10.8 Å². The van der Waals surface area contributed by atoms with Crippen LogP contribution in [-0.2, 0) is 22.7 Å². The van der Waals surface area contributed by atoms with Gasteiger partial charge in [0.2, 0.25) is 0 Å². The Labute approximate surface area is 194 Å². The SMILES string of the molecule is Cc1ccccc1-n1nc(C(=O)N(C)CCCOc2cccc(S(C)(=O)=O)c2)c2c1CCC2. The number of benzene rings is 2. The average Bonchev–Trinajstić information content (AvgIpc) is 3.39. The fourth-order valence-corrected chi connectivity index (χ4v) is 4.83. The highest BCUT2D eigenvalue weighted by Gasteiger charge is 2.28. The van der Waals surface area contributed by atoms with Crippen molar-refractivity contribution in [2.75, 3.05) is 26.5 Å². The zero-order valence-electron chi connectivity index (χ0n) is 19.2. The number of fused-ring (bicyclic) bond motifs is 1. The first-order valence-corrected chi connectivity index (χ1v) is 13.0. The van der Waals surface area contributed by atoms with E-state index in [0.29, 0.717) is 31.0 Å². The van der Waals surface area contributed by atoms with Gasteiger partial charge in [-0.05, 0) is 62.4 Å².